The molecule has 0 saturated carbocycles. The van der Waals surface area contributed by atoms with Gasteiger partial charge in [0.1, 0.15) is 11.9 Å². The van der Waals surface area contributed by atoms with E-state index in [0.717, 1.165) is 35.2 Å². The Kier molecular flexibility index (Phi) is 4.55. The van der Waals surface area contributed by atoms with Crippen LogP contribution in [0.25, 0.3) is 10.9 Å². The minimum Gasteiger partial charge on any atom is -0.485 e. The zero-order valence-corrected chi connectivity index (χ0v) is 14.7. The number of aromatic nitrogens is 1. The highest BCUT2D eigenvalue weighted by Gasteiger charge is 2.32. The summed E-state index contributed by atoms with van der Waals surface area (Å²) in [5, 5.41) is 14.1. The van der Waals surface area contributed by atoms with Crippen molar-refractivity contribution in [3.63, 3.8) is 0 Å². The van der Waals surface area contributed by atoms with E-state index in [4.69, 9.17) is 4.74 Å². The molecule has 1 fully saturated rings. The van der Waals surface area contributed by atoms with Crippen molar-refractivity contribution in [2.75, 3.05) is 6.54 Å². The fourth-order valence-electron chi connectivity index (χ4n) is 3.73. The minimum absolute atomic E-state index is 0.163. The Morgan fingerprint density at radius 2 is 2.08 bits per heavy atom. The molecule has 1 N–H and O–H groups in total. The van der Waals surface area contributed by atoms with Gasteiger partial charge >= 0.3 is 0 Å². The van der Waals surface area contributed by atoms with Gasteiger partial charge in [-0.05, 0) is 37.6 Å². The summed E-state index contributed by atoms with van der Waals surface area (Å²) >= 11 is 0. The summed E-state index contributed by atoms with van der Waals surface area (Å²) in [6.45, 7) is 3.07. The Bertz CT molecular complexity index is 963. The Hall–Kier alpha value is -2.90. The van der Waals surface area contributed by atoms with Crippen molar-refractivity contribution < 1.29 is 4.74 Å². The molecule has 3 aromatic rings. The third kappa shape index (κ3) is 3.26. The first kappa shape index (κ1) is 16.6. The SMILES string of the molecule is CC1CC(C(Oc2ccc3cccnc3c2)c2ccccc2C#N)CN1. The van der Waals surface area contributed by atoms with Gasteiger partial charge in [-0.3, -0.25) is 4.98 Å². The lowest BCUT2D eigenvalue weighted by Crippen LogP contribution is -2.22. The summed E-state index contributed by atoms with van der Waals surface area (Å²) in [5.74, 6) is 1.10. The van der Waals surface area contributed by atoms with Crippen LogP contribution in [0.4, 0.5) is 0 Å². The Morgan fingerprint density at radius 1 is 1.19 bits per heavy atom. The quantitative estimate of drug-likeness (QED) is 0.770. The van der Waals surface area contributed by atoms with Crippen LogP contribution in [-0.2, 0) is 0 Å². The summed E-state index contributed by atoms with van der Waals surface area (Å²) in [6.07, 6.45) is 2.65. The van der Waals surface area contributed by atoms with Crippen molar-refractivity contribution in [1.29, 1.82) is 5.26 Å². The molecular weight excluding hydrogens is 322 g/mol. The summed E-state index contributed by atoms with van der Waals surface area (Å²) in [7, 11) is 0. The Balaban J connectivity index is 1.71. The molecule has 0 spiro atoms. The third-order valence-electron chi connectivity index (χ3n) is 5.04. The van der Waals surface area contributed by atoms with Crippen molar-refractivity contribution in [3.8, 4) is 11.8 Å². The molecular formula is C22H21N3O. The average molecular weight is 343 g/mol. The average Bonchev–Trinajstić information content (AvgIpc) is 3.12. The maximum atomic E-state index is 9.54. The molecule has 26 heavy (non-hydrogen) atoms. The van der Waals surface area contributed by atoms with E-state index < -0.39 is 0 Å². The number of hydrogen-bond acceptors (Lipinski definition) is 4. The van der Waals surface area contributed by atoms with Gasteiger partial charge in [0.05, 0.1) is 17.1 Å². The van der Waals surface area contributed by atoms with E-state index in [1.54, 1.807) is 6.20 Å². The van der Waals surface area contributed by atoms with Crippen molar-refractivity contribution in [2.24, 2.45) is 5.92 Å². The van der Waals surface area contributed by atoms with Crippen LogP contribution in [0.3, 0.4) is 0 Å². The molecule has 0 bridgehead atoms. The molecule has 1 aliphatic rings. The lowest BCUT2D eigenvalue weighted by atomic mass is 9.90. The number of hydrogen-bond donors (Lipinski definition) is 1. The van der Waals surface area contributed by atoms with E-state index in [1.165, 1.54) is 0 Å². The van der Waals surface area contributed by atoms with Crippen LogP contribution in [0.5, 0.6) is 5.75 Å². The van der Waals surface area contributed by atoms with Gasteiger partial charge in [0.15, 0.2) is 0 Å². The molecule has 3 atom stereocenters. The smallest absolute Gasteiger partial charge is 0.129 e. The van der Waals surface area contributed by atoms with Gasteiger partial charge in [0, 0.05) is 41.7 Å². The maximum Gasteiger partial charge on any atom is 0.129 e. The number of ether oxygens (including phenoxy) is 1. The number of pyridine rings is 1. The molecule has 1 saturated heterocycles. The van der Waals surface area contributed by atoms with Crippen LogP contribution in [0.2, 0.25) is 0 Å². The highest BCUT2D eigenvalue weighted by atomic mass is 16.5. The lowest BCUT2D eigenvalue weighted by Gasteiger charge is -2.26. The molecule has 4 heteroatoms. The third-order valence-corrected chi connectivity index (χ3v) is 5.04. The second kappa shape index (κ2) is 7.15. The van der Waals surface area contributed by atoms with Crippen molar-refractivity contribution in [3.05, 3.63) is 71.9 Å². The van der Waals surface area contributed by atoms with Crippen molar-refractivity contribution in [2.45, 2.75) is 25.5 Å². The lowest BCUT2D eigenvalue weighted by molar-refractivity contribution is 0.143. The normalized spacial score (nSPS) is 20.6. The van der Waals surface area contributed by atoms with Gasteiger partial charge in [-0.2, -0.15) is 5.26 Å². The van der Waals surface area contributed by atoms with Gasteiger partial charge in [-0.1, -0.05) is 24.3 Å². The van der Waals surface area contributed by atoms with Crippen LogP contribution in [0.1, 0.15) is 30.6 Å². The molecule has 130 valence electrons. The summed E-state index contributed by atoms with van der Waals surface area (Å²) < 4.78 is 6.45. The first-order valence-corrected chi connectivity index (χ1v) is 8.98. The monoisotopic (exact) mass is 343 g/mol. The van der Waals surface area contributed by atoms with Crippen LogP contribution in [0.15, 0.2) is 60.8 Å². The topological polar surface area (TPSA) is 57.9 Å². The number of fused-ring (bicyclic) bond motifs is 1. The van der Waals surface area contributed by atoms with E-state index >= 15 is 0 Å². The number of benzene rings is 2. The van der Waals surface area contributed by atoms with E-state index in [-0.39, 0.29) is 6.10 Å². The van der Waals surface area contributed by atoms with Crippen molar-refractivity contribution >= 4 is 10.9 Å². The Labute approximate surface area is 153 Å². The zero-order valence-electron chi connectivity index (χ0n) is 14.7. The van der Waals surface area contributed by atoms with E-state index in [9.17, 15) is 5.26 Å². The van der Waals surface area contributed by atoms with Crippen LogP contribution in [0, 0.1) is 17.2 Å². The molecule has 2 aromatic carbocycles. The summed E-state index contributed by atoms with van der Waals surface area (Å²) in [6, 6.07) is 20.5. The fourth-order valence-corrected chi connectivity index (χ4v) is 3.73. The van der Waals surface area contributed by atoms with Crippen LogP contribution in [-0.4, -0.2) is 17.6 Å². The Morgan fingerprint density at radius 3 is 2.88 bits per heavy atom. The molecule has 1 aliphatic heterocycles. The summed E-state index contributed by atoms with van der Waals surface area (Å²) in [5.41, 5.74) is 2.54. The standard InChI is InChI=1S/C22H21N3O/c1-15-11-18(14-25-15)22(20-7-3-2-5-17(20)13-23)26-19-9-8-16-6-4-10-24-21(16)12-19/h2-10,12,15,18,22,25H,11,14H2,1H3. The van der Waals surface area contributed by atoms with Gasteiger partial charge < -0.3 is 10.1 Å². The predicted molar refractivity (Wildman–Crippen MR) is 102 cm³/mol. The van der Waals surface area contributed by atoms with E-state index in [0.29, 0.717) is 17.5 Å². The second-order valence-electron chi connectivity index (χ2n) is 6.90. The van der Waals surface area contributed by atoms with Crippen LogP contribution >= 0.6 is 0 Å². The van der Waals surface area contributed by atoms with Gasteiger partial charge in [0.25, 0.3) is 0 Å². The molecule has 4 rings (SSSR count). The van der Waals surface area contributed by atoms with Gasteiger partial charge in [-0.15, -0.1) is 0 Å². The number of nitrogens with zero attached hydrogens (tertiary/aromatic N) is 2. The number of nitriles is 1. The summed E-state index contributed by atoms with van der Waals surface area (Å²) in [4.78, 5) is 4.42. The van der Waals surface area contributed by atoms with E-state index in [2.05, 4.69) is 23.3 Å². The van der Waals surface area contributed by atoms with E-state index in [1.807, 2.05) is 54.6 Å². The molecule has 1 aromatic heterocycles. The fraction of sp³-hybridized carbons (Fsp3) is 0.273. The molecule has 2 heterocycles. The second-order valence-corrected chi connectivity index (χ2v) is 6.90. The number of nitrogens with one attached hydrogen (secondary N) is 1. The molecule has 4 nitrogen and oxygen atoms in total. The predicted octanol–water partition coefficient (Wildman–Crippen LogP) is 4.22. The van der Waals surface area contributed by atoms with Gasteiger partial charge in [-0.25, -0.2) is 0 Å². The largest absolute Gasteiger partial charge is 0.485 e. The highest BCUT2D eigenvalue weighted by Crippen LogP contribution is 2.35. The van der Waals surface area contributed by atoms with Crippen molar-refractivity contribution in [1.82, 2.24) is 10.3 Å². The molecule has 0 aliphatic carbocycles. The molecule has 0 radical (unpaired) electrons. The minimum atomic E-state index is -0.163. The van der Waals surface area contributed by atoms with Gasteiger partial charge in [0.2, 0.25) is 0 Å². The van der Waals surface area contributed by atoms with Crippen LogP contribution < -0.4 is 10.1 Å². The molecule has 0 amide bonds. The molecule has 3 unspecified atom stereocenters. The maximum absolute atomic E-state index is 9.54. The number of rotatable bonds is 4. The first-order valence-electron chi connectivity index (χ1n) is 8.98. The zero-order chi connectivity index (χ0) is 17.9. The highest BCUT2D eigenvalue weighted by molar-refractivity contribution is 5.79. The first-order chi connectivity index (χ1) is 12.7.